The van der Waals surface area contributed by atoms with Gasteiger partial charge in [-0.25, -0.2) is 4.39 Å². The van der Waals surface area contributed by atoms with E-state index in [2.05, 4.69) is 9.98 Å². The van der Waals surface area contributed by atoms with Gasteiger partial charge in [-0.05, 0) is 17.7 Å². The highest BCUT2D eigenvalue weighted by molar-refractivity contribution is 6.28. The number of nitrogens with two attached hydrogens (primary N) is 1. The zero-order valence-electron chi connectivity index (χ0n) is 11.9. The van der Waals surface area contributed by atoms with Gasteiger partial charge < -0.3 is 5.73 Å². The first-order valence-electron chi connectivity index (χ1n) is 6.19. The van der Waals surface area contributed by atoms with Crippen molar-refractivity contribution in [3.63, 3.8) is 0 Å². The minimum atomic E-state index is -0.249. The van der Waals surface area contributed by atoms with Gasteiger partial charge in [0.15, 0.2) is 0 Å². The third-order valence-electron chi connectivity index (χ3n) is 1.62. The van der Waals surface area contributed by atoms with Gasteiger partial charge in [0.1, 0.15) is 11.7 Å². The van der Waals surface area contributed by atoms with E-state index in [0.29, 0.717) is 12.4 Å². The van der Waals surface area contributed by atoms with E-state index in [9.17, 15) is 4.39 Å². The molecule has 1 aromatic rings. The highest BCUT2D eigenvalue weighted by atomic mass is 19.1. The Kier molecular flexibility index (Phi) is 13.8. The van der Waals surface area contributed by atoms with Crippen molar-refractivity contribution in [2.24, 2.45) is 15.7 Å². The molecule has 1 rings (SSSR count). The summed E-state index contributed by atoms with van der Waals surface area (Å²) in [5, 5.41) is 0. The summed E-state index contributed by atoms with van der Waals surface area (Å²) < 4.78 is 12.5. The topological polar surface area (TPSA) is 50.7 Å². The van der Waals surface area contributed by atoms with E-state index < -0.39 is 0 Å². The molecule has 0 atom stereocenters. The number of benzene rings is 1. The highest BCUT2D eigenvalue weighted by Gasteiger charge is 1.92. The van der Waals surface area contributed by atoms with E-state index in [-0.39, 0.29) is 5.82 Å². The predicted octanol–water partition coefficient (Wildman–Crippen LogP) is 3.44. The molecule has 1 aromatic carbocycles. The molecule has 4 heteroatoms. The lowest BCUT2D eigenvalue weighted by atomic mass is 10.2. The Labute approximate surface area is 110 Å². The van der Waals surface area contributed by atoms with Crippen LogP contribution in [0.15, 0.2) is 34.3 Å². The van der Waals surface area contributed by atoms with Crippen LogP contribution in [0.5, 0.6) is 0 Å². The van der Waals surface area contributed by atoms with Crippen molar-refractivity contribution in [2.45, 2.75) is 34.2 Å². The summed E-state index contributed by atoms with van der Waals surface area (Å²) in [5.74, 6) is 0.123. The molecule has 0 saturated heterocycles. The summed E-state index contributed by atoms with van der Waals surface area (Å²) in [7, 11) is 1.63. The van der Waals surface area contributed by atoms with Crippen LogP contribution < -0.4 is 5.73 Å². The van der Waals surface area contributed by atoms with Crippen LogP contribution in [0.1, 0.15) is 33.3 Å². The van der Waals surface area contributed by atoms with Crippen molar-refractivity contribution in [1.29, 1.82) is 0 Å². The van der Waals surface area contributed by atoms with Crippen LogP contribution >= 0.6 is 0 Å². The van der Waals surface area contributed by atoms with Gasteiger partial charge in [0.25, 0.3) is 0 Å². The van der Waals surface area contributed by atoms with Gasteiger partial charge in [-0.1, -0.05) is 39.8 Å². The Hall–Kier alpha value is -1.71. The minimum absolute atomic E-state index is 0.249. The summed E-state index contributed by atoms with van der Waals surface area (Å²) in [6, 6.07) is 6.15. The Morgan fingerprint density at radius 2 is 1.67 bits per heavy atom. The lowest BCUT2D eigenvalue weighted by molar-refractivity contribution is 0.627. The standard InChI is InChI=1S/C10H12FN3.2C2H6/c1-13-7-10(12)14-6-8-2-4-9(11)5-3-8;2*1-2/h2-5,7H,6H2,1H3,(H2,12,14);2*1-2H3. The Bertz CT molecular complexity index is 343. The average Bonchev–Trinajstić information content (AvgIpc) is 2.43. The fraction of sp³-hybridized carbons (Fsp3) is 0.429. The number of rotatable bonds is 3. The normalized spacial score (nSPS) is 10.2. The van der Waals surface area contributed by atoms with Gasteiger partial charge in [0, 0.05) is 7.05 Å². The second kappa shape index (κ2) is 13.4. The maximum absolute atomic E-state index is 12.5. The van der Waals surface area contributed by atoms with Crippen molar-refractivity contribution in [3.8, 4) is 0 Å². The number of halogens is 1. The molecule has 0 radical (unpaired) electrons. The number of amidine groups is 1. The van der Waals surface area contributed by atoms with Crippen LogP contribution in [0.3, 0.4) is 0 Å². The Balaban J connectivity index is 0. The smallest absolute Gasteiger partial charge is 0.136 e. The molecule has 0 bridgehead atoms. The van der Waals surface area contributed by atoms with Crippen LogP contribution in [-0.4, -0.2) is 19.1 Å². The van der Waals surface area contributed by atoms with Crippen LogP contribution in [0.2, 0.25) is 0 Å². The van der Waals surface area contributed by atoms with Crippen molar-refractivity contribution < 1.29 is 4.39 Å². The molecular formula is C14H24FN3. The van der Waals surface area contributed by atoms with E-state index >= 15 is 0 Å². The van der Waals surface area contributed by atoms with Gasteiger partial charge >= 0.3 is 0 Å². The number of nitrogens with zero attached hydrogens (tertiary/aromatic N) is 2. The molecule has 0 fully saturated rings. The van der Waals surface area contributed by atoms with E-state index in [0.717, 1.165) is 5.56 Å². The molecule has 102 valence electrons. The van der Waals surface area contributed by atoms with Crippen LogP contribution in [0, 0.1) is 5.82 Å². The molecule has 0 spiro atoms. The molecule has 2 N–H and O–H groups in total. The molecule has 0 aliphatic heterocycles. The van der Waals surface area contributed by atoms with Crippen LogP contribution in [0.25, 0.3) is 0 Å². The van der Waals surface area contributed by atoms with E-state index in [1.807, 2.05) is 27.7 Å². The SMILES string of the molecule is CC.CC.CN=CC(N)=NCc1ccc(F)cc1. The van der Waals surface area contributed by atoms with Crippen LogP contribution in [-0.2, 0) is 6.54 Å². The predicted molar refractivity (Wildman–Crippen MR) is 78.8 cm³/mol. The lowest BCUT2D eigenvalue weighted by Crippen LogP contribution is -2.13. The monoisotopic (exact) mass is 253 g/mol. The van der Waals surface area contributed by atoms with Gasteiger partial charge in [-0.2, -0.15) is 0 Å². The molecule has 18 heavy (non-hydrogen) atoms. The van der Waals surface area contributed by atoms with Gasteiger partial charge in [-0.15, -0.1) is 0 Å². The maximum atomic E-state index is 12.5. The van der Waals surface area contributed by atoms with Crippen molar-refractivity contribution in [2.75, 3.05) is 7.05 Å². The molecule has 0 unspecified atom stereocenters. The Morgan fingerprint density at radius 1 is 1.17 bits per heavy atom. The summed E-state index contributed by atoms with van der Waals surface area (Å²) in [6.07, 6.45) is 1.48. The summed E-state index contributed by atoms with van der Waals surface area (Å²) >= 11 is 0. The molecule has 0 saturated carbocycles. The first kappa shape index (κ1) is 18.6. The Morgan fingerprint density at radius 3 is 2.11 bits per heavy atom. The fourth-order valence-electron chi connectivity index (χ4n) is 0.945. The van der Waals surface area contributed by atoms with Crippen molar-refractivity contribution in [1.82, 2.24) is 0 Å². The van der Waals surface area contributed by atoms with Gasteiger partial charge in [-0.3, -0.25) is 9.98 Å². The van der Waals surface area contributed by atoms with E-state index in [1.54, 1.807) is 19.2 Å². The summed E-state index contributed by atoms with van der Waals surface area (Å²) in [4.78, 5) is 7.76. The molecule has 0 aliphatic rings. The molecular weight excluding hydrogens is 229 g/mol. The molecule has 0 aromatic heterocycles. The first-order chi connectivity index (χ1) is 8.72. The zero-order chi connectivity index (χ0) is 14.4. The lowest BCUT2D eigenvalue weighted by Gasteiger charge is -1.96. The molecule has 0 aliphatic carbocycles. The minimum Gasteiger partial charge on any atom is -0.383 e. The third-order valence-corrected chi connectivity index (χ3v) is 1.62. The van der Waals surface area contributed by atoms with E-state index in [1.165, 1.54) is 18.3 Å². The number of hydrogen-bond acceptors (Lipinski definition) is 2. The van der Waals surface area contributed by atoms with Crippen molar-refractivity contribution >= 4 is 12.1 Å². The second-order valence-electron chi connectivity index (χ2n) is 2.75. The fourth-order valence-corrected chi connectivity index (χ4v) is 0.945. The molecule has 0 heterocycles. The van der Waals surface area contributed by atoms with Gasteiger partial charge in [0.05, 0.1) is 12.8 Å². The highest BCUT2D eigenvalue weighted by Crippen LogP contribution is 2.03. The van der Waals surface area contributed by atoms with E-state index in [4.69, 9.17) is 5.73 Å². The maximum Gasteiger partial charge on any atom is 0.136 e. The third kappa shape index (κ3) is 9.51. The van der Waals surface area contributed by atoms with Gasteiger partial charge in [0.2, 0.25) is 0 Å². The van der Waals surface area contributed by atoms with Crippen LogP contribution in [0.4, 0.5) is 4.39 Å². The largest absolute Gasteiger partial charge is 0.383 e. The molecule has 3 nitrogen and oxygen atoms in total. The molecule has 0 amide bonds. The quantitative estimate of drug-likeness (QED) is 0.651. The summed E-state index contributed by atoms with van der Waals surface area (Å²) in [6.45, 7) is 8.44. The first-order valence-corrected chi connectivity index (χ1v) is 6.19. The number of aliphatic imine (C=N–C) groups is 2. The zero-order valence-corrected chi connectivity index (χ0v) is 11.9. The second-order valence-corrected chi connectivity index (χ2v) is 2.75. The average molecular weight is 253 g/mol. The number of hydrogen-bond donors (Lipinski definition) is 1. The summed E-state index contributed by atoms with van der Waals surface area (Å²) in [5.41, 5.74) is 6.40. The van der Waals surface area contributed by atoms with Crippen molar-refractivity contribution in [3.05, 3.63) is 35.6 Å².